The summed E-state index contributed by atoms with van der Waals surface area (Å²) in [4.78, 5) is 11.9. The van der Waals surface area contributed by atoms with E-state index < -0.39 is 0 Å². The van der Waals surface area contributed by atoms with Gasteiger partial charge in [0.15, 0.2) is 5.78 Å². The van der Waals surface area contributed by atoms with Gasteiger partial charge in [0.1, 0.15) is 0 Å². The van der Waals surface area contributed by atoms with E-state index in [0.29, 0.717) is 6.42 Å². The van der Waals surface area contributed by atoms with Gasteiger partial charge in [-0.2, -0.15) is 0 Å². The van der Waals surface area contributed by atoms with Crippen molar-refractivity contribution in [1.29, 1.82) is 0 Å². The molecule has 2 heteroatoms. The standard InChI is InChI=1S/C14H20O2/c1-4-12-6-5-7-13(10-12)14(15)9-8-11(2)16-3/h5-7,10-11H,4,8-9H2,1-3H3. The van der Waals surface area contributed by atoms with E-state index >= 15 is 0 Å². The van der Waals surface area contributed by atoms with Gasteiger partial charge in [-0.05, 0) is 31.4 Å². The zero-order valence-corrected chi connectivity index (χ0v) is 10.3. The van der Waals surface area contributed by atoms with Crippen LogP contribution in [-0.4, -0.2) is 19.0 Å². The third kappa shape index (κ3) is 3.78. The van der Waals surface area contributed by atoms with Crippen LogP contribution in [-0.2, 0) is 11.2 Å². The molecule has 2 nitrogen and oxygen atoms in total. The van der Waals surface area contributed by atoms with Crippen molar-refractivity contribution in [2.24, 2.45) is 0 Å². The molecule has 0 bridgehead atoms. The first-order valence-corrected chi connectivity index (χ1v) is 5.82. The van der Waals surface area contributed by atoms with Gasteiger partial charge in [0, 0.05) is 19.1 Å². The average molecular weight is 220 g/mol. The number of hydrogen-bond acceptors (Lipinski definition) is 2. The Morgan fingerprint density at radius 3 is 2.81 bits per heavy atom. The van der Waals surface area contributed by atoms with E-state index in [1.807, 2.05) is 25.1 Å². The number of hydrogen-bond donors (Lipinski definition) is 0. The van der Waals surface area contributed by atoms with Gasteiger partial charge in [0.25, 0.3) is 0 Å². The number of carbonyl (C=O) groups excluding carboxylic acids is 1. The molecular formula is C14H20O2. The fourth-order valence-electron chi connectivity index (χ4n) is 1.56. The summed E-state index contributed by atoms with van der Waals surface area (Å²) in [5.74, 6) is 0.208. The molecule has 1 atom stereocenters. The number of aryl methyl sites for hydroxylation is 1. The second-order valence-corrected chi connectivity index (χ2v) is 4.06. The van der Waals surface area contributed by atoms with E-state index in [9.17, 15) is 4.79 Å². The molecule has 0 N–H and O–H groups in total. The Morgan fingerprint density at radius 2 is 2.19 bits per heavy atom. The van der Waals surface area contributed by atoms with E-state index in [-0.39, 0.29) is 11.9 Å². The van der Waals surface area contributed by atoms with Crippen LogP contribution in [0.2, 0.25) is 0 Å². The average Bonchev–Trinajstić information content (AvgIpc) is 2.35. The lowest BCUT2D eigenvalue weighted by atomic mass is 10.0. The molecule has 0 heterocycles. The van der Waals surface area contributed by atoms with Crippen LogP contribution in [0.25, 0.3) is 0 Å². The molecule has 1 aromatic carbocycles. The van der Waals surface area contributed by atoms with Crippen LogP contribution in [0, 0.1) is 0 Å². The smallest absolute Gasteiger partial charge is 0.162 e. The van der Waals surface area contributed by atoms with Gasteiger partial charge >= 0.3 is 0 Å². The van der Waals surface area contributed by atoms with Gasteiger partial charge in [-0.3, -0.25) is 4.79 Å². The van der Waals surface area contributed by atoms with E-state index in [1.54, 1.807) is 7.11 Å². The van der Waals surface area contributed by atoms with Crippen molar-refractivity contribution in [1.82, 2.24) is 0 Å². The first-order valence-electron chi connectivity index (χ1n) is 5.82. The highest BCUT2D eigenvalue weighted by Crippen LogP contribution is 2.11. The summed E-state index contributed by atoms with van der Waals surface area (Å²) in [5, 5.41) is 0. The predicted octanol–water partition coefficient (Wildman–Crippen LogP) is 3.25. The molecule has 0 aliphatic carbocycles. The Balaban J connectivity index is 2.58. The fraction of sp³-hybridized carbons (Fsp3) is 0.500. The molecule has 88 valence electrons. The molecule has 1 aromatic rings. The molecular weight excluding hydrogens is 200 g/mol. The predicted molar refractivity (Wildman–Crippen MR) is 65.9 cm³/mol. The molecule has 0 saturated heterocycles. The zero-order valence-electron chi connectivity index (χ0n) is 10.3. The van der Waals surface area contributed by atoms with Crippen molar-refractivity contribution in [2.75, 3.05) is 7.11 Å². The molecule has 0 aliphatic rings. The Hall–Kier alpha value is -1.15. The van der Waals surface area contributed by atoms with Crippen molar-refractivity contribution in [3.8, 4) is 0 Å². The van der Waals surface area contributed by atoms with Gasteiger partial charge < -0.3 is 4.74 Å². The Bertz CT molecular complexity index is 344. The maximum absolute atomic E-state index is 11.9. The number of ketones is 1. The summed E-state index contributed by atoms with van der Waals surface area (Å²) in [6.07, 6.45) is 2.46. The number of rotatable bonds is 6. The van der Waals surface area contributed by atoms with Gasteiger partial charge in [-0.1, -0.05) is 25.1 Å². The second-order valence-electron chi connectivity index (χ2n) is 4.06. The van der Waals surface area contributed by atoms with Crippen LogP contribution in [0.3, 0.4) is 0 Å². The summed E-state index contributed by atoms with van der Waals surface area (Å²) in [5.41, 5.74) is 2.04. The van der Waals surface area contributed by atoms with E-state index in [0.717, 1.165) is 18.4 Å². The van der Waals surface area contributed by atoms with Crippen LogP contribution in [0.15, 0.2) is 24.3 Å². The minimum Gasteiger partial charge on any atom is -0.382 e. The lowest BCUT2D eigenvalue weighted by molar-refractivity contribution is 0.0877. The highest BCUT2D eigenvalue weighted by molar-refractivity contribution is 5.96. The molecule has 1 rings (SSSR count). The van der Waals surface area contributed by atoms with Gasteiger partial charge in [0.2, 0.25) is 0 Å². The fourth-order valence-corrected chi connectivity index (χ4v) is 1.56. The minimum atomic E-state index is 0.151. The number of Topliss-reactive ketones (excluding diaryl/α,β-unsaturated/α-hetero) is 1. The number of carbonyl (C=O) groups is 1. The first-order chi connectivity index (χ1) is 7.67. The maximum Gasteiger partial charge on any atom is 0.162 e. The molecule has 0 spiro atoms. The Morgan fingerprint density at radius 1 is 1.44 bits per heavy atom. The minimum absolute atomic E-state index is 0.151. The third-order valence-electron chi connectivity index (χ3n) is 2.84. The molecule has 0 radical (unpaired) electrons. The molecule has 16 heavy (non-hydrogen) atoms. The molecule has 0 aromatic heterocycles. The van der Waals surface area contributed by atoms with E-state index in [2.05, 4.69) is 13.0 Å². The van der Waals surface area contributed by atoms with Gasteiger partial charge in [-0.15, -0.1) is 0 Å². The highest BCUT2D eigenvalue weighted by Gasteiger charge is 2.08. The summed E-state index contributed by atoms with van der Waals surface area (Å²) in [6.45, 7) is 4.08. The third-order valence-corrected chi connectivity index (χ3v) is 2.84. The van der Waals surface area contributed by atoms with Crippen LogP contribution in [0.1, 0.15) is 42.6 Å². The van der Waals surface area contributed by atoms with E-state index in [4.69, 9.17) is 4.74 Å². The van der Waals surface area contributed by atoms with E-state index in [1.165, 1.54) is 5.56 Å². The van der Waals surface area contributed by atoms with Crippen molar-refractivity contribution >= 4 is 5.78 Å². The summed E-state index contributed by atoms with van der Waals surface area (Å²) < 4.78 is 5.13. The highest BCUT2D eigenvalue weighted by atomic mass is 16.5. The topological polar surface area (TPSA) is 26.3 Å². The maximum atomic E-state index is 11.9. The Kier molecular flexibility index (Phi) is 5.20. The molecule has 0 aliphatic heterocycles. The molecule has 0 amide bonds. The normalized spacial score (nSPS) is 12.4. The van der Waals surface area contributed by atoms with Gasteiger partial charge in [-0.25, -0.2) is 0 Å². The number of benzene rings is 1. The second kappa shape index (κ2) is 6.44. The van der Waals surface area contributed by atoms with Crippen molar-refractivity contribution in [2.45, 2.75) is 39.2 Å². The van der Waals surface area contributed by atoms with Crippen LogP contribution < -0.4 is 0 Å². The van der Waals surface area contributed by atoms with Crippen LogP contribution in [0.4, 0.5) is 0 Å². The number of methoxy groups -OCH3 is 1. The summed E-state index contributed by atoms with van der Waals surface area (Å²) in [7, 11) is 1.67. The summed E-state index contributed by atoms with van der Waals surface area (Å²) >= 11 is 0. The SMILES string of the molecule is CCc1cccc(C(=O)CCC(C)OC)c1. The quantitative estimate of drug-likeness (QED) is 0.688. The van der Waals surface area contributed by atoms with Crippen LogP contribution >= 0.6 is 0 Å². The molecule has 0 fully saturated rings. The van der Waals surface area contributed by atoms with Crippen LogP contribution in [0.5, 0.6) is 0 Å². The first kappa shape index (κ1) is 12.9. The monoisotopic (exact) mass is 220 g/mol. The lowest BCUT2D eigenvalue weighted by Gasteiger charge is -2.08. The van der Waals surface area contributed by atoms with Gasteiger partial charge in [0.05, 0.1) is 6.10 Å². The zero-order chi connectivity index (χ0) is 12.0. The largest absolute Gasteiger partial charge is 0.382 e. The number of ether oxygens (including phenoxy) is 1. The van der Waals surface area contributed by atoms with Crippen molar-refractivity contribution in [3.05, 3.63) is 35.4 Å². The Labute approximate surface area is 97.6 Å². The molecule has 0 saturated carbocycles. The van der Waals surface area contributed by atoms with Crippen molar-refractivity contribution < 1.29 is 9.53 Å². The lowest BCUT2D eigenvalue weighted by Crippen LogP contribution is -2.08. The van der Waals surface area contributed by atoms with Crippen molar-refractivity contribution in [3.63, 3.8) is 0 Å². The molecule has 1 unspecified atom stereocenters. The summed E-state index contributed by atoms with van der Waals surface area (Å²) in [6, 6.07) is 7.87.